The molecule has 2 aliphatic carbocycles. The van der Waals surface area contributed by atoms with E-state index in [-0.39, 0.29) is 33.9 Å². The number of nitriles is 1. The van der Waals surface area contributed by atoms with E-state index in [1.807, 2.05) is 4.90 Å². The minimum absolute atomic E-state index is 0.0563. The van der Waals surface area contributed by atoms with Gasteiger partial charge < -0.3 is 21.7 Å². The second-order valence-electron chi connectivity index (χ2n) is 9.45. The number of ketones is 1. The number of aryl methyl sites for hydroxylation is 1. The highest BCUT2D eigenvalue weighted by Gasteiger charge is 2.57. The number of anilines is 2. The van der Waals surface area contributed by atoms with Crippen molar-refractivity contribution in [2.75, 3.05) is 36.8 Å². The summed E-state index contributed by atoms with van der Waals surface area (Å²) < 4.78 is 30.6. The highest BCUT2D eigenvalue weighted by atomic mass is 32.1. The number of halogens is 2. The molecule has 2 aromatic heterocycles. The summed E-state index contributed by atoms with van der Waals surface area (Å²) in [5.41, 5.74) is 11.5. The zero-order chi connectivity index (χ0) is 24.8. The Morgan fingerprint density at radius 2 is 2.11 bits per heavy atom. The molecule has 1 saturated heterocycles. The van der Waals surface area contributed by atoms with Gasteiger partial charge in [-0.25, -0.2) is 18.7 Å². The third-order valence-electron chi connectivity index (χ3n) is 7.18. The van der Waals surface area contributed by atoms with Gasteiger partial charge in [0.25, 0.3) is 5.92 Å². The second-order valence-corrected chi connectivity index (χ2v) is 10.6. The number of nitrogen functional groups attached to an aromatic ring is 1. The molecule has 1 saturated carbocycles. The molecule has 0 aromatic carbocycles. The van der Waals surface area contributed by atoms with Gasteiger partial charge in [-0.05, 0) is 38.3 Å². The first-order valence-corrected chi connectivity index (χ1v) is 12.6. The van der Waals surface area contributed by atoms with E-state index in [1.165, 1.54) is 17.5 Å². The maximum atomic E-state index is 15.3. The largest absolute Gasteiger partial charge is 0.397 e. The molecule has 3 aliphatic rings. The van der Waals surface area contributed by atoms with Crippen LogP contribution in [0.4, 0.5) is 19.7 Å². The Hall–Kier alpha value is -3.10. The number of nitrogens with one attached hydrogen (secondary N) is 1. The molecule has 1 atom stereocenters. The monoisotopic (exact) mass is 499 g/mol. The third kappa shape index (κ3) is 4.04. The first kappa shape index (κ1) is 23.6. The van der Waals surface area contributed by atoms with Gasteiger partial charge in [0.05, 0.1) is 22.4 Å². The van der Waals surface area contributed by atoms with Crippen LogP contribution in [0.3, 0.4) is 0 Å². The number of nitrogens with two attached hydrogens (primary N) is 2. The minimum atomic E-state index is -3.17. The molecule has 8 nitrogen and oxygen atoms in total. The number of hydrogen-bond donors (Lipinski definition) is 3. The number of fused-ring (bicyclic) bond motifs is 2. The normalized spacial score (nSPS) is 25.6. The van der Waals surface area contributed by atoms with Crippen molar-refractivity contribution < 1.29 is 13.6 Å². The number of nitrogens with zero attached hydrogens (tertiary/aromatic N) is 4. The van der Waals surface area contributed by atoms with E-state index in [1.54, 1.807) is 6.07 Å². The number of rotatable bonds is 2. The predicted octanol–water partition coefficient (Wildman–Crippen LogP) is 2.73. The Balaban J connectivity index is 1.60. The van der Waals surface area contributed by atoms with Crippen LogP contribution in [0.2, 0.25) is 0 Å². The summed E-state index contributed by atoms with van der Waals surface area (Å²) in [6.45, 7) is 3.14. The van der Waals surface area contributed by atoms with Crippen LogP contribution in [0.25, 0.3) is 5.70 Å². The lowest BCUT2D eigenvalue weighted by atomic mass is 9.60. The van der Waals surface area contributed by atoms with Gasteiger partial charge in [0.1, 0.15) is 11.1 Å². The lowest BCUT2D eigenvalue weighted by Gasteiger charge is -2.43. The van der Waals surface area contributed by atoms with Crippen LogP contribution < -0.4 is 21.7 Å². The quantitative estimate of drug-likeness (QED) is 0.537. The maximum absolute atomic E-state index is 15.3. The molecule has 0 radical (unpaired) electrons. The van der Waals surface area contributed by atoms with Gasteiger partial charge in [-0.15, -0.1) is 11.3 Å². The predicted molar refractivity (Wildman–Crippen MR) is 130 cm³/mol. The molecule has 5 N–H and O–H groups in total. The minimum Gasteiger partial charge on any atom is -0.397 e. The fourth-order valence-corrected chi connectivity index (χ4v) is 6.81. The molecular formula is C24H27F2N7OS. The van der Waals surface area contributed by atoms with E-state index in [2.05, 4.69) is 21.4 Å². The number of allylic oxidation sites excluding steroid dienone is 1. The smallest absolute Gasteiger partial charge is 0.253 e. The van der Waals surface area contributed by atoms with Crippen molar-refractivity contribution in [3.63, 3.8) is 0 Å². The molecule has 1 unspecified atom stereocenters. The van der Waals surface area contributed by atoms with E-state index in [0.29, 0.717) is 30.9 Å². The fraction of sp³-hybridized carbons (Fsp3) is 0.500. The van der Waals surface area contributed by atoms with Crippen LogP contribution in [-0.4, -0.2) is 47.9 Å². The Morgan fingerprint density at radius 3 is 2.91 bits per heavy atom. The number of Topliss-reactive ketones (excluding diaryl/α,β-unsaturated/α-hetero) is 1. The van der Waals surface area contributed by atoms with Gasteiger partial charge in [-0.2, -0.15) is 5.26 Å². The molecule has 5 rings (SSSR count). The molecular weight excluding hydrogens is 472 g/mol. The number of carbonyl (C=O) groups excluding carboxylic acids is 1. The van der Waals surface area contributed by atoms with E-state index in [0.717, 1.165) is 30.9 Å². The van der Waals surface area contributed by atoms with Crippen molar-refractivity contribution in [2.24, 2.45) is 5.73 Å². The van der Waals surface area contributed by atoms with Crippen molar-refractivity contribution in [1.82, 2.24) is 15.3 Å². The van der Waals surface area contributed by atoms with Gasteiger partial charge >= 0.3 is 0 Å². The van der Waals surface area contributed by atoms with Gasteiger partial charge in [0.15, 0.2) is 5.78 Å². The molecule has 2 aromatic rings. The van der Waals surface area contributed by atoms with Crippen molar-refractivity contribution in [1.29, 1.82) is 5.26 Å². The SMILES string of the molecule is N#Cc1c(N)sc2c1C1(CCC2)CC(F)(F)C/C(=C(/N)c2ccnc(N3CCCNCC3)n2)C1=O. The first-order valence-electron chi connectivity index (χ1n) is 11.8. The van der Waals surface area contributed by atoms with Crippen LogP contribution in [0, 0.1) is 11.3 Å². The summed E-state index contributed by atoms with van der Waals surface area (Å²) >= 11 is 1.22. The first-order chi connectivity index (χ1) is 16.8. The Morgan fingerprint density at radius 1 is 1.29 bits per heavy atom. The third-order valence-corrected chi connectivity index (χ3v) is 8.26. The number of carbonyl (C=O) groups is 1. The van der Waals surface area contributed by atoms with Crippen LogP contribution >= 0.6 is 11.3 Å². The standard InChI is InChI=1S/C24H27F2N7OS/c25-24(26)11-14(19(28)16-4-7-31-22(32-16)33-9-2-6-30-8-10-33)20(34)23(13-24)5-1-3-17-18(23)15(12-27)21(29)35-17/h4,7,30H,1-3,5-6,8-11,13,28-29H2/b19-14-. The van der Waals surface area contributed by atoms with Gasteiger partial charge in [0.2, 0.25) is 5.95 Å². The summed E-state index contributed by atoms with van der Waals surface area (Å²) in [6.07, 6.45) is 2.45. The Bertz CT molecular complexity index is 1240. The average Bonchev–Trinajstić information content (AvgIpc) is 2.99. The average molecular weight is 500 g/mol. The zero-order valence-corrected chi connectivity index (χ0v) is 20.1. The number of aromatic nitrogens is 2. The van der Waals surface area contributed by atoms with Crippen LogP contribution in [0.15, 0.2) is 17.8 Å². The molecule has 3 heterocycles. The topological polar surface area (TPSA) is 134 Å². The molecule has 35 heavy (non-hydrogen) atoms. The van der Waals surface area contributed by atoms with E-state index in [4.69, 9.17) is 11.5 Å². The Labute approximate surface area is 206 Å². The van der Waals surface area contributed by atoms with Crippen LogP contribution in [-0.2, 0) is 16.6 Å². The van der Waals surface area contributed by atoms with Crippen LogP contribution in [0.5, 0.6) is 0 Å². The molecule has 11 heteroatoms. The summed E-state index contributed by atoms with van der Waals surface area (Å²) in [5.74, 6) is -3.16. The molecule has 0 amide bonds. The summed E-state index contributed by atoms with van der Waals surface area (Å²) in [6, 6.07) is 3.60. The van der Waals surface area contributed by atoms with Gasteiger partial charge in [0, 0.05) is 54.7 Å². The summed E-state index contributed by atoms with van der Waals surface area (Å²) in [4.78, 5) is 25.7. The maximum Gasteiger partial charge on any atom is 0.253 e. The summed E-state index contributed by atoms with van der Waals surface area (Å²) in [7, 11) is 0. The lowest BCUT2D eigenvalue weighted by molar-refractivity contribution is -0.132. The van der Waals surface area contributed by atoms with Gasteiger partial charge in [-0.1, -0.05) is 0 Å². The van der Waals surface area contributed by atoms with Crippen molar-refractivity contribution in [3.8, 4) is 6.07 Å². The number of thiophene rings is 1. The fourth-order valence-electron chi connectivity index (χ4n) is 5.65. The Kier molecular flexibility index (Phi) is 5.97. The highest BCUT2D eigenvalue weighted by Crippen LogP contribution is 2.55. The highest BCUT2D eigenvalue weighted by molar-refractivity contribution is 7.16. The number of alkyl halides is 2. The van der Waals surface area contributed by atoms with Gasteiger partial charge in [-0.3, -0.25) is 4.79 Å². The van der Waals surface area contributed by atoms with Crippen molar-refractivity contribution in [3.05, 3.63) is 39.5 Å². The van der Waals surface area contributed by atoms with E-state index < -0.39 is 30.0 Å². The van der Waals surface area contributed by atoms with Crippen LogP contribution in [0.1, 0.15) is 53.8 Å². The molecule has 2 fully saturated rings. The molecule has 184 valence electrons. The van der Waals surface area contributed by atoms with Crippen molar-refractivity contribution >= 4 is 33.8 Å². The van der Waals surface area contributed by atoms with E-state index >= 15 is 8.78 Å². The summed E-state index contributed by atoms with van der Waals surface area (Å²) in [5, 5.41) is 13.3. The lowest BCUT2D eigenvalue weighted by Crippen LogP contribution is -2.49. The number of hydrogen-bond acceptors (Lipinski definition) is 9. The van der Waals surface area contributed by atoms with Crippen molar-refractivity contribution in [2.45, 2.75) is 49.9 Å². The second kappa shape index (κ2) is 8.84. The molecule has 1 spiro atoms. The van der Waals surface area contributed by atoms with E-state index in [9.17, 15) is 10.1 Å². The molecule has 0 bridgehead atoms. The zero-order valence-electron chi connectivity index (χ0n) is 19.2. The molecule has 1 aliphatic heterocycles.